The zero-order chi connectivity index (χ0) is 108. The number of piperidine rings is 1. The topological polar surface area (TPSA) is 393 Å². The molecule has 2 fully saturated rings. The molecule has 30 heteroatoms. The molecule has 0 bridgehead atoms. The summed E-state index contributed by atoms with van der Waals surface area (Å²) in [7, 11) is 17.9. The average Bonchev–Trinajstić information content (AvgIpc) is 0.760. The van der Waals surface area contributed by atoms with Gasteiger partial charge in [0.2, 0.25) is 11.8 Å². The largest absolute Gasteiger partial charge is 0.496 e. The molecule has 1 amide bonds. The van der Waals surface area contributed by atoms with Crippen LogP contribution in [0.25, 0.3) is 0 Å². The molecule has 1 saturated carbocycles. The van der Waals surface area contributed by atoms with Crippen molar-refractivity contribution < 1.29 is 106 Å². The molecule has 1 saturated heterocycles. The zero-order valence-electron chi connectivity index (χ0n) is 93.4. The first-order valence-electron chi connectivity index (χ1n) is 49.7. The standard InChI is InChI=1S/C21H33NO4.C19H31N3O2.4C18H29NO4/c1-7-21(19(23)24)10-8-9-11-22(21)14-16-17(25-5)12-15(20(2,3)4)13-18(16)26-6;1-13(23)21-16-9-7-6-8-15(16)20-12-14-10-11-17(19(2,3)4)22-18(14)24-5;3*1-8-18(5,16(20)21)19-11-13-14(22-6)9-12(17(2,3)4)10-15(13)23-7;1-7-8-14(17(20)21)19-11-13-15(22-5)9-12(18(2,3)4)10-16(13)23-6/h12-13H,7-11,14H2,1-6H3,(H,23,24);10-11,15-16,20H,6-9,12H2,1-5H3,(H,21,23);3*9-10,19H,8,11H2,1-7H3,(H,20,21);9-10,14,19H,7-8,11H2,1-6H3,(H,20,21)/t;;2*18-;;/m..10../s1. The van der Waals surface area contributed by atoms with E-state index in [9.17, 15) is 54.3 Å². The molecule has 1 aliphatic heterocycles. The first kappa shape index (κ1) is 126. The molecule has 7 atom stereocenters. The number of carboxylic acid groups (broad SMARTS) is 5. The maximum atomic E-state index is 12.1. The van der Waals surface area contributed by atoms with E-state index in [2.05, 4.69) is 191 Å². The van der Waals surface area contributed by atoms with Gasteiger partial charge in [-0.25, -0.2) is 4.98 Å². The number of carbonyl (C=O) groups excluding carboxylic acids is 1. The van der Waals surface area contributed by atoms with Crippen molar-refractivity contribution in [1.82, 2.24) is 41.8 Å². The number of nitrogens with zero attached hydrogens (tertiary/aromatic N) is 2. The molecule has 0 spiro atoms. The zero-order valence-corrected chi connectivity index (χ0v) is 93.4. The van der Waals surface area contributed by atoms with E-state index >= 15 is 0 Å². The number of carboxylic acids is 5. The summed E-state index contributed by atoms with van der Waals surface area (Å²) in [5.74, 6) is 3.68. The SMILES string of the molecule is CCC(C)(NCc1c(OC)cc(C(C)(C)C)cc1OC)C(=O)O.CCC1(C(=O)O)CCCCN1Cc1c(OC)cc(C(C)(C)C)cc1OC.CCCC(NCc1c(OC)cc(C(C)(C)C)cc1OC)C(=O)O.CC[C@@](C)(NCc1c(OC)cc(C(C)(C)C)cc1OC)C(=O)O.CC[C@](C)(NCc1c(OC)cc(C(C)(C)C)cc1OC)C(=O)O.COc1nc(C(C)(C)C)ccc1CNC1CCCCC1NC(C)=O. The first-order chi connectivity index (χ1) is 66.0. The minimum atomic E-state index is -0.987. The van der Waals surface area contributed by atoms with E-state index in [1.165, 1.54) is 12.8 Å². The fourth-order valence-electron chi connectivity index (χ4n) is 16.2. The molecule has 1 aromatic heterocycles. The number of hydrogen-bond donors (Lipinski definition) is 11. The lowest BCUT2D eigenvalue weighted by Gasteiger charge is -2.44. The number of carbonyl (C=O) groups is 6. The number of likely N-dealkylation sites (tertiary alicyclic amines) is 1. The lowest BCUT2D eigenvalue weighted by molar-refractivity contribution is -0.155. The quantitative estimate of drug-likeness (QED) is 0.0170. The fourth-order valence-corrected chi connectivity index (χ4v) is 16.2. The number of hydrogen-bond acceptors (Lipinski definition) is 24. The van der Waals surface area contributed by atoms with E-state index in [1.54, 1.807) is 106 Å². The Bertz CT molecular complexity index is 4670. The van der Waals surface area contributed by atoms with E-state index in [0.29, 0.717) is 136 Å². The van der Waals surface area contributed by atoms with Gasteiger partial charge < -0.3 is 93.6 Å². The van der Waals surface area contributed by atoms with E-state index in [1.807, 2.05) is 83.1 Å². The highest BCUT2D eigenvalue weighted by Crippen LogP contribution is 2.44. The highest BCUT2D eigenvalue weighted by Gasteiger charge is 2.45. The van der Waals surface area contributed by atoms with Gasteiger partial charge in [-0.1, -0.05) is 185 Å². The lowest BCUT2D eigenvalue weighted by Crippen LogP contribution is -2.56. The molecule has 5 unspecified atom stereocenters. The molecule has 30 nitrogen and oxygen atoms in total. The monoisotopic (exact) mass is 1990 g/mol. The smallest absolute Gasteiger partial charge is 0.324 e. The number of ether oxygens (including phenoxy) is 11. The predicted molar refractivity (Wildman–Crippen MR) is 565 cm³/mol. The van der Waals surface area contributed by atoms with E-state index < -0.39 is 58.0 Å². The normalized spacial score (nSPS) is 16.5. The highest BCUT2D eigenvalue weighted by atomic mass is 16.5. The van der Waals surface area contributed by atoms with Gasteiger partial charge in [-0.2, -0.15) is 0 Å². The van der Waals surface area contributed by atoms with Gasteiger partial charge in [0.1, 0.15) is 85.7 Å². The Labute approximate surface area is 849 Å². The third-order valence-electron chi connectivity index (χ3n) is 27.1. The third kappa shape index (κ3) is 35.8. The number of benzene rings is 5. The van der Waals surface area contributed by atoms with Crippen LogP contribution in [0.1, 0.15) is 337 Å². The molecule has 5 aromatic carbocycles. The number of methoxy groups -OCH3 is 11. The second kappa shape index (κ2) is 55.6. The van der Waals surface area contributed by atoms with E-state index in [-0.39, 0.29) is 44.4 Å². The number of aliphatic carboxylic acids is 5. The van der Waals surface area contributed by atoms with Gasteiger partial charge in [-0.15, -0.1) is 0 Å². The summed E-state index contributed by atoms with van der Waals surface area (Å²) in [6.07, 6.45) is 10.6. The molecule has 2 aliphatic rings. The second-order valence-electron chi connectivity index (χ2n) is 43.4. The summed E-state index contributed by atoms with van der Waals surface area (Å²) in [4.78, 5) is 75.9. The van der Waals surface area contributed by atoms with Crippen molar-refractivity contribution in [2.75, 3.05) is 84.8 Å². The Morgan fingerprint density at radius 3 is 0.944 bits per heavy atom. The minimum absolute atomic E-state index is 0.000882. The third-order valence-corrected chi connectivity index (χ3v) is 27.1. The number of nitrogens with one attached hydrogen (secondary N) is 6. The maximum absolute atomic E-state index is 12.1. The maximum Gasteiger partial charge on any atom is 0.324 e. The van der Waals surface area contributed by atoms with Crippen LogP contribution >= 0.6 is 0 Å². The molecule has 6 aromatic rings. The Hall–Kier alpha value is -10.4. The summed E-state index contributed by atoms with van der Waals surface area (Å²) in [6.45, 7) is 57.9. The Kier molecular flexibility index (Phi) is 49.3. The van der Waals surface area contributed by atoms with Crippen molar-refractivity contribution in [1.29, 1.82) is 0 Å². The molecule has 2 heterocycles. The van der Waals surface area contributed by atoms with Crippen molar-refractivity contribution >= 4 is 35.8 Å². The summed E-state index contributed by atoms with van der Waals surface area (Å²) in [6, 6.07) is 24.1. The van der Waals surface area contributed by atoms with Gasteiger partial charge in [-0.05, 0) is 213 Å². The molecule has 11 N–H and O–H groups in total. The van der Waals surface area contributed by atoms with Gasteiger partial charge in [-0.3, -0.25) is 49.6 Å². The molecule has 142 heavy (non-hydrogen) atoms. The molecular formula is C112H180N8O22. The van der Waals surface area contributed by atoms with Crippen LogP contribution in [0.2, 0.25) is 0 Å². The van der Waals surface area contributed by atoms with Crippen molar-refractivity contribution in [3.63, 3.8) is 0 Å². The molecule has 800 valence electrons. The van der Waals surface area contributed by atoms with Crippen LogP contribution in [0.4, 0.5) is 0 Å². The van der Waals surface area contributed by atoms with Crippen molar-refractivity contribution in [2.24, 2.45) is 0 Å². The number of pyridine rings is 1. The van der Waals surface area contributed by atoms with Gasteiger partial charge >= 0.3 is 29.8 Å². The summed E-state index contributed by atoms with van der Waals surface area (Å²) in [5, 5.41) is 66.4. The van der Waals surface area contributed by atoms with Crippen LogP contribution in [0.15, 0.2) is 72.8 Å². The average molecular weight is 1990 g/mol. The van der Waals surface area contributed by atoms with Crippen LogP contribution < -0.4 is 84.0 Å². The van der Waals surface area contributed by atoms with Crippen LogP contribution in [0, 0.1) is 0 Å². The van der Waals surface area contributed by atoms with Crippen LogP contribution in [0.3, 0.4) is 0 Å². The summed E-state index contributed by atoms with van der Waals surface area (Å²) >= 11 is 0. The van der Waals surface area contributed by atoms with Crippen LogP contribution in [0.5, 0.6) is 63.4 Å². The molecule has 8 rings (SSSR count). The first-order valence-corrected chi connectivity index (χ1v) is 49.7. The Morgan fingerprint density at radius 1 is 0.394 bits per heavy atom. The van der Waals surface area contributed by atoms with Gasteiger partial charge in [0, 0.05) is 97.2 Å². The summed E-state index contributed by atoms with van der Waals surface area (Å²) in [5.41, 5.74) is 7.92. The van der Waals surface area contributed by atoms with Gasteiger partial charge in [0.15, 0.2) is 0 Å². The Balaban J connectivity index is 0.000000438. The number of rotatable bonds is 40. The van der Waals surface area contributed by atoms with E-state index in [4.69, 9.17) is 52.1 Å². The van der Waals surface area contributed by atoms with Crippen molar-refractivity contribution in [2.45, 2.75) is 382 Å². The molecule has 1 aliphatic carbocycles. The number of aromatic nitrogens is 1. The molecule has 0 radical (unpaired) electrons. The minimum Gasteiger partial charge on any atom is -0.496 e. The number of amides is 1. The van der Waals surface area contributed by atoms with Crippen molar-refractivity contribution in [3.8, 4) is 63.4 Å². The van der Waals surface area contributed by atoms with Gasteiger partial charge in [0.25, 0.3) is 0 Å². The van der Waals surface area contributed by atoms with Crippen LogP contribution in [-0.2, 0) is 101 Å². The van der Waals surface area contributed by atoms with Crippen molar-refractivity contribution in [3.05, 3.63) is 140 Å². The molecular weight excluding hydrogens is 1810 g/mol. The van der Waals surface area contributed by atoms with Crippen LogP contribution in [-0.4, -0.2) is 196 Å². The predicted octanol–water partition coefficient (Wildman–Crippen LogP) is 20.5. The highest BCUT2D eigenvalue weighted by molar-refractivity contribution is 5.80. The summed E-state index contributed by atoms with van der Waals surface area (Å²) < 4.78 is 60.9. The second-order valence-corrected chi connectivity index (χ2v) is 43.4. The van der Waals surface area contributed by atoms with E-state index in [0.717, 1.165) is 117 Å². The lowest BCUT2D eigenvalue weighted by atomic mass is 9.83. The Morgan fingerprint density at radius 2 is 0.697 bits per heavy atom. The van der Waals surface area contributed by atoms with Gasteiger partial charge in [0.05, 0.1) is 83.8 Å². The fraction of sp³-hybridized carbons (Fsp3) is 0.634.